The Bertz CT molecular complexity index is 66.1. The average Bonchev–Trinajstić information content (AvgIpc) is 1.61. The molecule has 0 aliphatic rings. The summed E-state index contributed by atoms with van der Waals surface area (Å²) in [5.74, 6) is 0. The van der Waals surface area contributed by atoms with Crippen molar-refractivity contribution in [3.8, 4) is 0 Å². The lowest BCUT2D eigenvalue weighted by Crippen LogP contribution is -2.58. The van der Waals surface area contributed by atoms with E-state index >= 15 is 0 Å². The van der Waals surface area contributed by atoms with Crippen LogP contribution in [0.2, 0.25) is 0 Å². The normalized spacial score (nSPS) is 10.8. The maximum Gasteiger partial charge on any atom is 0.0777 e. The molecule has 0 unspecified atom stereocenters. The fourth-order valence-electron chi connectivity index (χ4n) is 0. The Labute approximate surface area is 62.2 Å². The van der Waals surface area contributed by atoms with Crippen molar-refractivity contribution >= 4 is 0 Å². The molecule has 0 saturated heterocycles. The van der Waals surface area contributed by atoms with E-state index in [4.69, 9.17) is 18.6 Å². The van der Waals surface area contributed by atoms with Gasteiger partial charge in [0.2, 0.25) is 0 Å². The van der Waals surface area contributed by atoms with Crippen LogP contribution in [0.15, 0.2) is 0 Å². The van der Waals surface area contributed by atoms with E-state index in [9.17, 15) is 0 Å². The van der Waals surface area contributed by atoms with Gasteiger partial charge < -0.3 is 4.90 Å². The molecule has 0 rings (SSSR count). The van der Waals surface area contributed by atoms with Gasteiger partial charge in [0.15, 0.2) is 0 Å². The molecule has 64 valence electrons. The lowest BCUT2D eigenvalue weighted by atomic mass is 10.7. The molecule has 0 heterocycles. The Morgan fingerprint density at radius 1 is 1.30 bits per heavy atom. The highest BCUT2D eigenvalue weighted by Gasteiger charge is 1.98. The van der Waals surface area contributed by atoms with Crippen molar-refractivity contribution in [1.29, 1.82) is 0 Å². The molecule has 0 aromatic heterocycles. The third kappa shape index (κ3) is 93.1. The first kappa shape index (κ1) is 12.7. The van der Waals surface area contributed by atoms with Crippen molar-refractivity contribution < 1.29 is 28.9 Å². The first-order valence-electron chi connectivity index (χ1n) is 2.55. The number of halogens is 1. The van der Waals surface area contributed by atoms with Gasteiger partial charge >= 0.3 is 0 Å². The zero-order chi connectivity index (χ0) is 8.78. The van der Waals surface area contributed by atoms with Gasteiger partial charge in [-0.25, -0.2) is 0 Å². The van der Waals surface area contributed by atoms with Gasteiger partial charge in [0.1, 0.15) is 0 Å². The molecule has 0 saturated carbocycles. The van der Waals surface area contributed by atoms with Crippen LogP contribution in [0, 0.1) is 10.2 Å². The van der Waals surface area contributed by atoms with Crippen LogP contribution < -0.4 is 14.0 Å². The number of nitrogens with zero attached hydrogens (tertiary/aromatic N) is 1. The van der Waals surface area contributed by atoms with Crippen molar-refractivity contribution in [2.24, 2.45) is 0 Å². The van der Waals surface area contributed by atoms with Gasteiger partial charge in [-0.15, -0.1) is 0 Å². The van der Waals surface area contributed by atoms with Gasteiger partial charge in [-0.1, -0.05) is 6.92 Å². The van der Waals surface area contributed by atoms with E-state index in [2.05, 4.69) is 25.9 Å². The fourth-order valence-corrected chi connectivity index (χ4v) is 0. The molecule has 1 N–H and O–H groups in total. The predicted molar refractivity (Wildman–Crippen MR) is 26.4 cm³/mol. The van der Waals surface area contributed by atoms with Gasteiger partial charge in [0, 0.05) is 0 Å². The second kappa shape index (κ2) is 5.84. The van der Waals surface area contributed by atoms with Crippen LogP contribution in [0.1, 0.15) is 6.92 Å². The molecule has 0 aliphatic heterocycles. The highest BCUT2D eigenvalue weighted by molar-refractivity contribution is 4.25. The zero-order valence-corrected chi connectivity index (χ0v) is 6.96. The maximum absolute atomic E-state index is 8.60. The third-order valence-electron chi connectivity index (χ3n) is 0.632. The summed E-state index contributed by atoms with van der Waals surface area (Å²) < 4.78 is 32.7. The monoisotopic (exact) mass is 173 g/mol. The predicted octanol–water partition coefficient (Wildman–Crippen LogP) is -3.56. The molecule has 0 fully saturated rings. The molecule has 10 heavy (non-hydrogen) atoms. The van der Waals surface area contributed by atoms with Gasteiger partial charge in [-0.3, -0.25) is 0 Å². The topological polar surface area (TPSA) is 92.7 Å². The van der Waals surface area contributed by atoms with E-state index < -0.39 is 10.2 Å². The molecule has 0 spiro atoms. The standard InChI is InChI=1S/C4H11N.ClHO4/c1-4-5(2)3;2-1(3,4)5/h4H2,1-3H3;(H,2,3,4,5). The Balaban J connectivity index is 0. The Morgan fingerprint density at radius 3 is 1.40 bits per heavy atom. The first-order valence-corrected chi connectivity index (χ1v) is 3.81. The van der Waals surface area contributed by atoms with E-state index in [-0.39, 0.29) is 0 Å². The molecule has 0 atom stereocenters. The van der Waals surface area contributed by atoms with Crippen LogP contribution >= 0.6 is 0 Å². The average molecular weight is 174 g/mol. The van der Waals surface area contributed by atoms with Crippen molar-refractivity contribution in [1.82, 2.24) is 4.90 Å². The Kier molecular flexibility index (Phi) is 7.44. The maximum atomic E-state index is 8.60. The van der Waals surface area contributed by atoms with E-state index in [1.54, 1.807) is 0 Å². The largest absolute Gasteiger partial charge is 0.310 e. The summed E-state index contributed by atoms with van der Waals surface area (Å²) in [6, 6.07) is 0. The SMILES string of the molecule is CCN(C)C.[O-][Cl+3]([O-])([O-])O. The van der Waals surface area contributed by atoms with Crippen LogP contribution in [0.3, 0.4) is 0 Å². The van der Waals surface area contributed by atoms with Gasteiger partial charge in [0.25, 0.3) is 0 Å². The second-order valence-corrected chi connectivity index (χ2v) is 2.58. The molecule has 0 aliphatic carbocycles. The lowest BCUT2D eigenvalue weighted by Gasteiger charge is -2.03. The third-order valence-corrected chi connectivity index (χ3v) is 0.632. The molecule has 6 heteroatoms. The second-order valence-electron chi connectivity index (χ2n) is 1.79. The molecule has 0 aromatic carbocycles. The van der Waals surface area contributed by atoms with E-state index in [0.29, 0.717) is 0 Å². The van der Waals surface area contributed by atoms with Crippen LogP contribution in [-0.4, -0.2) is 30.2 Å². The molecule has 0 radical (unpaired) electrons. The number of hydrogen-bond donors (Lipinski definition) is 1. The number of hydrogen-bond acceptors (Lipinski definition) is 5. The Morgan fingerprint density at radius 2 is 1.40 bits per heavy atom. The summed E-state index contributed by atoms with van der Waals surface area (Å²) >= 11 is 0. The van der Waals surface area contributed by atoms with E-state index in [1.807, 2.05) is 0 Å². The highest BCUT2D eigenvalue weighted by atomic mass is 35.7. The lowest BCUT2D eigenvalue weighted by molar-refractivity contribution is -1.92. The molecule has 0 bridgehead atoms. The summed E-state index contributed by atoms with van der Waals surface area (Å²) in [5, 5.41) is 0. The van der Waals surface area contributed by atoms with Crippen molar-refractivity contribution in [2.45, 2.75) is 6.92 Å². The van der Waals surface area contributed by atoms with Crippen LogP contribution in [-0.2, 0) is 0 Å². The molecule has 0 amide bonds. The molecule has 0 aromatic rings. The summed E-state index contributed by atoms with van der Waals surface area (Å²) in [6.45, 7) is 3.26. The van der Waals surface area contributed by atoms with E-state index in [0.717, 1.165) is 6.54 Å². The summed E-state index contributed by atoms with van der Waals surface area (Å²) in [5.41, 5.74) is 0. The minimum Gasteiger partial charge on any atom is -0.310 e. The van der Waals surface area contributed by atoms with Crippen LogP contribution in [0.4, 0.5) is 0 Å². The van der Waals surface area contributed by atoms with Crippen LogP contribution in [0.5, 0.6) is 0 Å². The van der Waals surface area contributed by atoms with Gasteiger partial charge in [-0.2, -0.15) is 14.0 Å². The quantitative estimate of drug-likeness (QED) is 0.443. The van der Waals surface area contributed by atoms with Crippen molar-refractivity contribution in [3.63, 3.8) is 0 Å². The molecular formula is C4H12ClNO4. The fraction of sp³-hybridized carbons (Fsp3) is 1.00. The highest BCUT2D eigenvalue weighted by Crippen LogP contribution is 1.63. The van der Waals surface area contributed by atoms with Crippen LogP contribution in [0.25, 0.3) is 0 Å². The van der Waals surface area contributed by atoms with Gasteiger partial charge in [0.05, 0.1) is 14.9 Å². The summed E-state index contributed by atoms with van der Waals surface area (Å²) in [4.78, 5) is 2.12. The van der Waals surface area contributed by atoms with Gasteiger partial charge in [-0.05, 0) is 20.6 Å². The Hall–Kier alpha value is 0.0900. The number of rotatable bonds is 1. The minimum absolute atomic E-state index is 1.14. The minimum atomic E-state index is -4.69. The van der Waals surface area contributed by atoms with E-state index in [1.165, 1.54) is 0 Å². The first-order chi connectivity index (χ1) is 4.27. The summed E-state index contributed by atoms with van der Waals surface area (Å²) in [7, 11) is -0.583. The molecular weight excluding hydrogens is 161 g/mol. The van der Waals surface area contributed by atoms with Crippen molar-refractivity contribution in [3.05, 3.63) is 0 Å². The van der Waals surface area contributed by atoms with Crippen molar-refractivity contribution in [2.75, 3.05) is 20.6 Å². The zero-order valence-electron chi connectivity index (χ0n) is 6.20. The summed E-state index contributed by atoms with van der Waals surface area (Å²) in [6.07, 6.45) is 0. The molecule has 5 nitrogen and oxygen atoms in total. The smallest absolute Gasteiger partial charge is 0.0777 e.